The molecule has 0 spiro atoms. The number of aromatic nitrogens is 6. The van der Waals surface area contributed by atoms with E-state index in [1.165, 1.54) is 12.8 Å². The van der Waals surface area contributed by atoms with Gasteiger partial charge in [0.15, 0.2) is 0 Å². The monoisotopic (exact) mass is 894 g/mol. The number of ether oxygens (including phenoxy) is 1. The minimum absolute atomic E-state index is 0.00685. The van der Waals surface area contributed by atoms with Gasteiger partial charge in [0.2, 0.25) is 5.91 Å². The minimum Gasteiger partial charge on any atom is -0.469 e. The highest BCUT2D eigenvalue weighted by Crippen LogP contribution is 2.45. The predicted octanol–water partition coefficient (Wildman–Crippen LogP) is 10.9. The Labute approximate surface area is 389 Å². The second kappa shape index (κ2) is 23.8. The maximum absolute atomic E-state index is 13.0. The fourth-order valence-corrected chi connectivity index (χ4v) is 7.60. The normalized spacial score (nSPS) is 19.4. The molecule has 13 nitrogen and oxygen atoms in total. The Morgan fingerprint density at radius 2 is 1.30 bits per heavy atom. The maximum Gasteiger partial charge on any atom is 0.317 e. The fraction of sp³-hybridized carbons (Fsp3) is 0.745. The summed E-state index contributed by atoms with van der Waals surface area (Å²) >= 11 is 0. The SMILES string of the molecule is CC(C)(C)Cn1cccn1.CC(C)(C)c1cnc[nH]1.CC(C)(C)c1ncccn1.CNC(=O)N1CCCC1(C)C(C)(C)C.COC(=O)CC(C(=O)N1CCCC1(C)C(C)(C)C)C(C)C. The average molecular weight is 894 g/mol. The van der Waals surface area contributed by atoms with E-state index in [0.29, 0.717) is 5.41 Å². The van der Waals surface area contributed by atoms with Gasteiger partial charge in [-0.1, -0.05) is 118 Å². The zero-order chi connectivity index (χ0) is 49.5. The molecule has 3 unspecified atom stereocenters. The highest BCUT2D eigenvalue weighted by atomic mass is 16.5. The van der Waals surface area contributed by atoms with Crippen molar-refractivity contribution in [1.82, 2.24) is 44.8 Å². The van der Waals surface area contributed by atoms with Crippen molar-refractivity contribution < 1.29 is 19.1 Å². The molecule has 64 heavy (non-hydrogen) atoms. The summed E-state index contributed by atoms with van der Waals surface area (Å²) in [6, 6.07) is 3.83. The quantitative estimate of drug-likeness (QED) is 0.240. The number of urea groups is 1. The molecule has 2 aliphatic rings. The molecule has 2 saturated heterocycles. The van der Waals surface area contributed by atoms with Gasteiger partial charge < -0.3 is 24.8 Å². The summed E-state index contributed by atoms with van der Waals surface area (Å²) in [4.78, 5) is 55.6. The smallest absolute Gasteiger partial charge is 0.317 e. The second-order valence-corrected chi connectivity index (χ2v) is 23.4. The molecule has 0 radical (unpaired) electrons. The van der Waals surface area contributed by atoms with Gasteiger partial charge in [-0.05, 0) is 73.8 Å². The first kappa shape index (κ1) is 57.7. The van der Waals surface area contributed by atoms with Gasteiger partial charge in [-0.3, -0.25) is 14.3 Å². The van der Waals surface area contributed by atoms with Crippen LogP contribution >= 0.6 is 0 Å². The number of hydrogen-bond donors (Lipinski definition) is 2. The second-order valence-electron chi connectivity index (χ2n) is 23.4. The molecular weight excluding hydrogens is 803 g/mol. The number of rotatable bonds is 5. The summed E-state index contributed by atoms with van der Waals surface area (Å²) < 4.78 is 6.71. The molecule has 3 aromatic rings. The van der Waals surface area contributed by atoms with Gasteiger partial charge in [0.1, 0.15) is 5.82 Å². The Balaban J connectivity index is 0.000000417. The highest BCUT2D eigenvalue weighted by molar-refractivity contribution is 5.85. The molecule has 0 bridgehead atoms. The summed E-state index contributed by atoms with van der Waals surface area (Å²) in [5.41, 5.74) is 1.79. The van der Waals surface area contributed by atoms with Crippen LogP contribution in [0.3, 0.4) is 0 Å². The van der Waals surface area contributed by atoms with E-state index in [2.05, 4.69) is 148 Å². The van der Waals surface area contributed by atoms with Crippen LogP contribution < -0.4 is 5.32 Å². The predicted molar refractivity (Wildman–Crippen MR) is 262 cm³/mol. The summed E-state index contributed by atoms with van der Waals surface area (Å²) in [6.07, 6.45) is 15.3. The van der Waals surface area contributed by atoms with Gasteiger partial charge in [-0.15, -0.1) is 0 Å². The van der Waals surface area contributed by atoms with Crippen molar-refractivity contribution in [3.05, 3.63) is 61.0 Å². The van der Waals surface area contributed by atoms with Gasteiger partial charge in [0, 0.05) is 85.3 Å². The van der Waals surface area contributed by atoms with Crippen molar-refractivity contribution in [2.24, 2.45) is 28.1 Å². The summed E-state index contributed by atoms with van der Waals surface area (Å²) in [7, 11) is 3.07. The number of esters is 1. The lowest BCUT2D eigenvalue weighted by molar-refractivity contribution is -0.151. The van der Waals surface area contributed by atoms with Crippen molar-refractivity contribution in [3.8, 4) is 0 Å². The fourth-order valence-electron chi connectivity index (χ4n) is 7.60. The molecule has 0 aliphatic carbocycles. The molecule has 0 saturated carbocycles. The molecule has 364 valence electrons. The lowest BCUT2D eigenvalue weighted by Crippen LogP contribution is -2.55. The topological polar surface area (TPSA) is 151 Å². The number of carbonyl (C=O) groups is 3. The Morgan fingerprint density at radius 1 is 0.781 bits per heavy atom. The lowest BCUT2D eigenvalue weighted by atomic mass is 9.72. The maximum atomic E-state index is 13.0. The number of hydrogen-bond acceptors (Lipinski definition) is 8. The minimum atomic E-state index is -0.307. The molecule has 2 N–H and O–H groups in total. The van der Waals surface area contributed by atoms with E-state index in [4.69, 9.17) is 4.74 Å². The van der Waals surface area contributed by atoms with Crippen LogP contribution in [0.1, 0.15) is 175 Å². The molecule has 5 rings (SSSR count). The van der Waals surface area contributed by atoms with Crippen LogP contribution in [-0.4, -0.2) is 95.7 Å². The number of aromatic amines is 1. The van der Waals surface area contributed by atoms with Crippen molar-refractivity contribution >= 4 is 17.9 Å². The first-order valence-electron chi connectivity index (χ1n) is 23.3. The molecule has 0 aromatic carbocycles. The Bertz CT molecular complexity index is 1790. The van der Waals surface area contributed by atoms with Crippen LogP contribution in [0.2, 0.25) is 0 Å². The van der Waals surface area contributed by atoms with E-state index in [0.717, 1.165) is 51.1 Å². The van der Waals surface area contributed by atoms with E-state index in [1.54, 1.807) is 25.8 Å². The van der Waals surface area contributed by atoms with Gasteiger partial charge >= 0.3 is 12.0 Å². The summed E-state index contributed by atoms with van der Waals surface area (Å²) in [6.45, 7) is 43.5. The highest BCUT2D eigenvalue weighted by Gasteiger charge is 2.50. The average Bonchev–Trinajstić information content (AvgIpc) is 4.02. The van der Waals surface area contributed by atoms with Crippen molar-refractivity contribution in [3.63, 3.8) is 0 Å². The van der Waals surface area contributed by atoms with Crippen molar-refractivity contribution in [1.29, 1.82) is 0 Å². The van der Waals surface area contributed by atoms with Crippen LogP contribution in [-0.2, 0) is 31.7 Å². The molecule has 3 aromatic heterocycles. The van der Waals surface area contributed by atoms with E-state index in [-0.39, 0.29) is 68.9 Å². The van der Waals surface area contributed by atoms with Crippen LogP contribution in [0.5, 0.6) is 0 Å². The molecule has 13 heteroatoms. The van der Waals surface area contributed by atoms with Crippen molar-refractivity contribution in [2.75, 3.05) is 27.2 Å². The number of nitrogens with zero attached hydrogens (tertiary/aromatic N) is 7. The molecule has 3 atom stereocenters. The number of amides is 3. The Kier molecular flexibility index (Phi) is 21.4. The number of likely N-dealkylation sites (tertiary alicyclic amines) is 2. The van der Waals surface area contributed by atoms with E-state index in [1.807, 2.05) is 59.1 Å². The van der Waals surface area contributed by atoms with E-state index < -0.39 is 0 Å². The third-order valence-corrected chi connectivity index (χ3v) is 12.7. The molecule has 2 fully saturated rings. The first-order chi connectivity index (χ1) is 29.2. The zero-order valence-corrected chi connectivity index (χ0v) is 44.2. The Hall–Kier alpha value is -4.29. The third kappa shape index (κ3) is 17.6. The van der Waals surface area contributed by atoms with Crippen LogP contribution in [0.15, 0.2) is 49.4 Å². The van der Waals surface area contributed by atoms with E-state index >= 15 is 0 Å². The van der Waals surface area contributed by atoms with Gasteiger partial charge in [0.05, 0.1) is 25.8 Å². The number of H-pyrrole nitrogens is 1. The molecular formula is C51H91N9O4. The standard InChI is InChI=1S/C17H31NO3.C11H22N2O.C8H14N2.C8H12N2.C7H12N2/c1-12(2)13(11-14(19)21-7)15(20)18-10-8-9-17(18,6)16(3,4)5;1-10(2,3)11(4)7-6-8-13(11)9(14)12-5;1-8(2,3)7-10-6-4-5-9-10;1-8(2,3)7-9-5-4-6-10-7;1-7(2,3)6-4-8-5-9-6/h12-13H,8-11H2,1-7H3;6-8H2,1-5H3,(H,12,14);4-6H,7H2,1-3H3;4-6H,1-3H3;4-5H,1-3H3,(H,8,9). The van der Waals surface area contributed by atoms with Crippen molar-refractivity contribution in [2.45, 2.75) is 192 Å². The summed E-state index contributed by atoms with van der Waals surface area (Å²) in [5, 5.41) is 6.84. The van der Waals surface area contributed by atoms with Crippen LogP contribution in [0.4, 0.5) is 4.79 Å². The number of carbonyl (C=O) groups excluding carboxylic acids is 3. The number of nitrogens with one attached hydrogen (secondary N) is 2. The zero-order valence-electron chi connectivity index (χ0n) is 44.2. The largest absolute Gasteiger partial charge is 0.469 e. The van der Waals surface area contributed by atoms with Crippen LogP contribution in [0, 0.1) is 28.1 Å². The first-order valence-corrected chi connectivity index (χ1v) is 23.3. The van der Waals surface area contributed by atoms with Gasteiger partial charge in [0.25, 0.3) is 0 Å². The van der Waals surface area contributed by atoms with Gasteiger partial charge in [-0.25, -0.2) is 19.7 Å². The van der Waals surface area contributed by atoms with E-state index in [9.17, 15) is 14.4 Å². The van der Waals surface area contributed by atoms with Gasteiger partial charge in [-0.2, -0.15) is 5.10 Å². The lowest BCUT2D eigenvalue weighted by Gasteiger charge is -2.47. The molecule has 2 aliphatic heterocycles. The molecule has 3 amide bonds. The number of methoxy groups -OCH3 is 1. The Morgan fingerprint density at radius 3 is 1.64 bits per heavy atom. The number of imidazole rings is 1. The third-order valence-electron chi connectivity index (χ3n) is 12.7. The van der Waals surface area contributed by atoms with Crippen LogP contribution in [0.25, 0.3) is 0 Å². The molecule has 5 heterocycles. The summed E-state index contributed by atoms with van der Waals surface area (Å²) in [5.74, 6) is 0.526.